The Hall–Kier alpha value is -2.43. The van der Waals surface area contributed by atoms with Crippen LogP contribution in [0.3, 0.4) is 0 Å². The summed E-state index contributed by atoms with van der Waals surface area (Å²) >= 11 is 6.50. The van der Waals surface area contributed by atoms with E-state index in [1.165, 1.54) is 0 Å². The molecule has 2 heterocycles. The smallest absolute Gasteiger partial charge is 0.138 e. The second kappa shape index (κ2) is 6.71. The Labute approximate surface area is 158 Å². The third kappa shape index (κ3) is 2.85. The zero-order chi connectivity index (χ0) is 18.3. The molecule has 132 valence electrons. The van der Waals surface area contributed by atoms with E-state index < -0.39 is 0 Å². The molecular formula is C21H21ClN4. The van der Waals surface area contributed by atoms with Crippen LogP contribution in [0.1, 0.15) is 35.6 Å². The van der Waals surface area contributed by atoms with Gasteiger partial charge in [0, 0.05) is 22.7 Å². The van der Waals surface area contributed by atoms with Crippen LogP contribution in [0.15, 0.2) is 59.7 Å². The van der Waals surface area contributed by atoms with Crippen LogP contribution in [0.2, 0.25) is 5.02 Å². The maximum absolute atomic E-state index is 6.50. The monoisotopic (exact) mass is 364 g/mol. The molecule has 5 heteroatoms. The van der Waals surface area contributed by atoms with E-state index in [2.05, 4.69) is 48.7 Å². The van der Waals surface area contributed by atoms with Crippen molar-refractivity contribution in [2.24, 2.45) is 4.99 Å². The average Bonchev–Trinajstić information content (AvgIpc) is 2.98. The van der Waals surface area contributed by atoms with E-state index >= 15 is 0 Å². The first-order chi connectivity index (χ1) is 12.6. The summed E-state index contributed by atoms with van der Waals surface area (Å²) in [6, 6.07) is 16.2. The molecule has 3 aromatic rings. The SMILES string of the molecule is CC1N=C(c2ccccc2Cl)c2ccccc2-n2c(CN(C)C)cnc21. The first-order valence-corrected chi connectivity index (χ1v) is 9.07. The molecule has 0 saturated carbocycles. The van der Waals surface area contributed by atoms with Crippen LogP contribution in [0.5, 0.6) is 0 Å². The Balaban J connectivity index is 1.97. The van der Waals surface area contributed by atoms with Gasteiger partial charge in [-0.15, -0.1) is 0 Å². The number of fused-ring (bicyclic) bond motifs is 3. The Kier molecular flexibility index (Phi) is 4.39. The van der Waals surface area contributed by atoms with Gasteiger partial charge in [0.2, 0.25) is 0 Å². The number of benzene rings is 2. The number of halogens is 1. The molecule has 0 amide bonds. The number of aromatic nitrogens is 2. The summed E-state index contributed by atoms with van der Waals surface area (Å²) in [6.07, 6.45) is 1.96. The van der Waals surface area contributed by atoms with Crippen LogP contribution in [0, 0.1) is 0 Å². The van der Waals surface area contributed by atoms with Gasteiger partial charge in [-0.3, -0.25) is 9.56 Å². The highest BCUT2D eigenvalue weighted by atomic mass is 35.5. The number of hydrogen-bond donors (Lipinski definition) is 0. The summed E-state index contributed by atoms with van der Waals surface area (Å²) in [7, 11) is 4.13. The summed E-state index contributed by atoms with van der Waals surface area (Å²) in [6.45, 7) is 2.90. The standard InChI is InChI=1S/C21H21ClN4/c1-14-21-23-12-15(13-25(2)3)26(21)19-11-7-5-9-17(19)20(24-14)16-8-4-6-10-18(16)22/h4-12,14H,13H2,1-3H3. The van der Waals surface area contributed by atoms with Crippen LogP contribution in [0.4, 0.5) is 0 Å². The summed E-state index contributed by atoms with van der Waals surface area (Å²) in [5.41, 5.74) is 5.19. The van der Waals surface area contributed by atoms with Gasteiger partial charge in [0.25, 0.3) is 0 Å². The van der Waals surface area contributed by atoms with E-state index in [4.69, 9.17) is 21.6 Å². The lowest BCUT2D eigenvalue weighted by atomic mass is 10.0. The van der Waals surface area contributed by atoms with Crippen LogP contribution < -0.4 is 0 Å². The van der Waals surface area contributed by atoms with Crippen LogP contribution in [-0.2, 0) is 6.54 Å². The van der Waals surface area contributed by atoms with Gasteiger partial charge in [-0.25, -0.2) is 4.98 Å². The van der Waals surface area contributed by atoms with Crippen molar-refractivity contribution in [1.82, 2.24) is 14.5 Å². The molecule has 4 rings (SSSR count). The molecule has 0 aliphatic carbocycles. The van der Waals surface area contributed by atoms with Crippen LogP contribution in [-0.4, -0.2) is 34.3 Å². The zero-order valence-electron chi connectivity index (χ0n) is 15.1. The zero-order valence-corrected chi connectivity index (χ0v) is 15.9. The highest BCUT2D eigenvalue weighted by molar-refractivity contribution is 6.35. The molecule has 1 atom stereocenters. The van der Waals surface area contributed by atoms with Crippen molar-refractivity contribution in [2.45, 2.75) is 19.5 Å². The Morgan fingerprint density at radius 3 is 2.46 bits per heavy atom. The van der Waals surface area contributed by atoms with Crippen molar-refractivity contribution in [3.05, 3.63) is 82.4 Å². The summed E-state index contributed by atoms with van der Waals surface area (Å²) < 4.78 is 2.24. The summed E-state index contributed by atoms with van der Waals surface area (Å²) in [5, 5.41) is 0.710. The molecule has 26 heavy (non-hydrogen) atoms. The fraction of sp³-hybridized carbons (Fsp3) is 0.238. The molecule has 0 fully saturated rings. The third-order valence-electron chi connectivity index (χ3n) is 4.57. The minimum absolute atomic E-state index is 0.0652. The topological polar surface area (TPSA) is 33.4 Å². The van der Waals surface area contributed by atoms with Gasteiger partial charge in [-0.1, -0.05) is 48.0 Å². The second-order valence-corrected chi connectivity index (χ2v) is 7.24. The van der Waals surface area contributed by atoms with Gasteiger partial charge in [0.1, 0.15) is 11.9 Å². The van der Waals surface area contributed by atoms with Gasteiger partial charge in [-0.2, -0.15) is 0 Å². The maximum atomic E-state index is 6.50. The van der Waals surface area contributed by atoms with E-state index in [0.717, 1.165) is 40.6 Å². The molecule has 1 aliphatic rings. The van der Waals surface area contributed by atoms with E-state index in [1.807, 2.05) is 36.5 Å². The van der Waals surface area contributed by atoms with Gasteiger partial charge in [0.05, 0.1) is 23.3 Å². The van der Waals surface area contributed by atoms with E-state index in [1.54, 1.807) is 0 Å². The van der Waals surface area contributed by atoms with Crippen molar-refractivity contribution in [3.63, 3.8) is 0 Å². The molecule has 1 aliphatic heterocycles. The lowest BCUT2D eigenvalue weighted by Crippen LogP contribution is -2.16. The quantitative estimate of drug-likeness (QED) is 0.685. The predicted octanol–water partition coefficient (Wildman–Crippen LogP) is 4.50. The predicted molar refractivity (Wildman–Crippen MR) is 106 cm³/mol. The Morgan fingerprint density at radius 2 is 1.73 bits per heavy atom. The number of para-hydroxylation sites is 1. The van der Waals surface area contributed by atoms with Crippen molar-refractivity contribution in [3.8, 4) is 5.69 Å². The average molecular weight is 365 g/mol. The number of nitrogens with zero attached hydrogens (tertiary/aromatic N) is 4. The highest BCUT2D eigenvalue weighted by Crippen LogP contribution is 2.33. The van der Waals surface area contributed by atoms with Gasteiger partial charge in [0.15, 0.2) is 0 Å². The third-order valence-corrected chi connectivity index (χ3v) is 4.90. The van der Waals surface area contributed by atoms with E-state index in [-0.39, 0.29) is 6.04 Å². The second-order valence-electron chi connectivity index (χ2n) is 6.83. The summed E-state index contributed by atoms with van der Waals surface area (Å²) in [4.78, 5) is 11.9. The fourth-order valence-corrected chi connectivity index (χ4v) is 3.69. The first kappa shape index (κ1) is 17.0. The van der Waals surface area contributed by atoms with E-state index in [9.17, 15) is 0 Å². The normalized spacial score (nSPS) is 16.0. The lowest BCUT2D eigenvalue weighted by Gasteiger charge is -2.17. The molecule has 0 radical (unpaired) electrons. The van der Waals surface area contributed by atoms with Crippen molar-refractivity contribution >= 4 is 17.3 Å². The molecule has 1 aromatic heterocycles. The molecule has 1 unspecified atom stereocenters. The maximum Gasteiger partial charge on any atom is 0.138 e. The van der Waals surface area contributed by atoms with Crippen molar-refractivity contribution < 1.29 is 0 Å². The van der Waals surface area contributed by atoms with Gasteiger partial charge >= 0.3 is 0 Å². The number of aliphatic imine (C=N–C) groups is 1. The molecule has 0 spiro atoms. The van der Waals surface area contributed by atoms with Crippen LogP contribution >= 0.6 is 11.6 Å². The van der Waals surface area contributed by atoms with Gasteiger partial charge < -0.3 is 4.90 Å². The molecular weight excluding hydrogens is 344 g/mol. The number of hydrogen-bond acceptors (Lipinski definition) is 3. The fourth-order valence-electron chi connectivity index (χ4n) is 3.47. The molecule has 0 saturated heterocycles. The Bertz CT molecular complexity index is 987. The molecule has 2 aromatic carbocycles. The minimum Gasteiger partial charge on any atom is -0.304 e. The van der Waals surface area contributed by atoms with Gasteiger partial charge in [-0.05, 0) is 33.2 Å². The molecule has 4 nitrogen and oxygen atoms in total. The number of rotatable bonds is 3. The Morgan fingerprint density at radius 1 is 1.04 bits per heavy atom. The van der Waals surface area contributed by atoms with Crippen molar-refractivity contribution in [1.29, 1.82) is 0 Å². The highest BCUT2D eigenvalue weighted by Gasteiger charge is 2.26. The lowest BCUT2D eigenvalue weighted by molar-refractivity contribution is 0.393. The largest absolute Gasteiger partial charge is 0.304 e. The molecule has 0 N–H and O–H groups in total. The number of imidazole rings is 1. The first-order valence-electron chi connectivity index (χ1n) is 8.70. The minimum atomic E-state index is -0.0652. The van der Waals surface area contributed by atoms with Crippen LogP contribution in [0.25, 0.3) is 5.69 Å². The summed E-state index contributed by atoms with van der Waals surface area (Å²) in [5.74, 6) is 0.955. The van der Waals surface area contributed by atoms with Crippen molar-refractivity contribution in [2.75, 3.05) is 14.1 Å². The van der Waals surface area contributed by atoms with E-state index in [0.29, 0.717) is 5.02 Å². The molecule has 0 bridgehead atoms.